The van der Waals surface area contributed by atoms with Crippen molar-refractivity contribution in [2.45, 2.75) is 40.5 Å². The normalized spacial score (nSPS) is 26.7. The molecule has 1 heterocycles. The SMILES string of the molecule is CC(C)=C1[C@H]2CC[C@H]1[C@@H](C(=O)NNC(=O)c1csc(C)c1C)[C@@H]2C(=O)O. The Bertz CT molecular complexity index is 806. The quantitative estimate of drug-likeness (QED) is 0.558. The number of aliphatic carboxylic acids is 1. The summed E-state index contributed by atoms with van der Waals surface area (Å²) in [7, 11) is 0. The molecule has 2 aliphatic rings. The number of fused-ring (bicyclic) bond motifs is 2. The minimum Gasteiger partial charge on any atom is -0.481 e. The van der Waals surface area contributed by atoms with Gasteiger partial charge in [0.15, 0.2) is 0 Å². The van der Waals surface area contributed by atoms with E-state index in [9.17, 15) is 19.5 Å². The minimum absolute atomic E-state index is 0.0480. The van der Waals surface area contributed by atoms with E-state index in [0.717, 1.165) is 34.4 Å². The summed E-state index contributed by atoms with van der Waals surface area (Å²) in [5.74, 6) is -3.21. The van der Waals surface area contributed by atoms with Crippen LogP contribution in [0.5, 0.6) is 0 Å². The van der Waals surface area contributed by atoms with Crippen molar-refractivity contribution in [1.82, 2.24) is 10.9 Å². The topological polar surface area (TPSA) is 95.5 Å². The van der Waals surface area contributed by atoms with Crippen LogP contribution in [0.25, 0.3) is 0 Å². The number of carbonyl (C=O) groups is 3. The molecule has 0 spiro atoms. The lowest BCUT2D eigenvalue weighted by Gasteiger charge is -2.26. The van der Waals surface area contributed by atoms with Gasteiger partial charge in [-0.2, -0.15) is 0 Å². The molecule has 3 rings (SSSR count). The lowest BCUT2D eigenvalue weighted by atomic mass is 9.79. The molecule has 4 atom stereocenters. The minimum atomic E-state index is -0.938. The summed E-state index contributed by atoms with van der Waals surface area (Å²) in [5, 5.41) is 11.4. The first kappa shape index (κ1) is 18.6. The molecule has 26 heavy (non-hydrogen) atoms. The molecule has 0 aliphatic heterocycles. The smallest absolute Gasteiger partial charge is 0.307 e. The molecule has 0 saturated heterocycles. The van der Waals surface area contributed by atoms with Crippen molar-refractivity contribution in [3.63, 3.8) is 0 Å². The molecular weight excluding hydrogens is 352 g/mol. The highest BCUT2D eigenvalue weighted by atomic mass is 32.1. The first-order valence-corrected chi connectivity index (χ1v) is 9.67. The van der Waals surface area contributed by atoms with Crippen molar-refractivity contribution in [1.29, 1.82) is 0 Å². The Morgan fingerprint density at radius 1 is 1.08 bits per heavy atom. The standard InChI is InChI=1S/C19H24N2O4S/c1-8(2)14-11-5-6-12(14)16(19(24)25)15(11)18(23)21-20-17(22)13-7-26-10(4)9(13)3/h7,11-12,15-16H,5-6H2,1-4H3,(H,20,22)(H,21,23)(H,24,25)/t11-,12-,15-,16-/m1/s1. The van der Waals surface area contributed by atoms with Crippen LogP contribution < -0.4 is 10.9 Å². The number of rotatable bonds is 3. The van der Waals surface area contributed by atoms with Crippen LogP contribution in [0.1, 0.15) is 47.5 Å². The molecule has 2 fully saturated rings. The van der Waals surface area contributed by atoms with Crippen LogP contribution in [0.4, 0.5) is 0 Å². The number of hydrogen-bond acceptors (Lipinski definition) is 4. The Morgan fingerprint density at radius 3 is 2.19 bits per heavy atom. The van der Waals surface area contributed by atoms with Crippen molar-refractivity contribution in [3.8, 4) is 0 Å². The average Bonchev–Trinajstić information content (AvgIpc) is 3.24. The van der Waals surface area contributed by atoms with Crippen LogP contribution in [0, 0.1) is 37.5 Å². The molecule has 0 unspecified atom stereocenters. The van der Waals surface area contributed by atoms with Gasteiger partial charge in [0, 0.05) is 10.3 Å². The second-order valence-electron chi connectivity index (χ2n) is 7.41. The van der Waals surface area contributed by atoms with Gasteiger partial charge in [-0.05, 0) is 57.9 Å². The molecule has 2 amide bonds. The molecule has 7 heteroatoms. The summed E-state index contributed by atoms with van der Waals surface area (Å²) in [5.41, 5.74) is 8.56. The van der Waals surface area contributed by atoms with Gasteiger partial charge in [-0.25, -0.2) is 0 Å². The Labute approximate surface area is 156 Å². The van der Waals surface area contributed by atoms with Gasteiger partial charge in [0.05, 0.1) is 17.4 Å². The molecular formula is C19H24N2O4S. The van der Waals surface area contributed by atoms with Crippen LogP contribution in [0.2, 0.25) is 0 Å². The summed E-state index contributed by atoms with van der Waals surface area (Å²) in [6.07, 6.45) is 1.63. The number of carboxylic acids is 1. The fraction of sp³-hybridized carbons (Fsp3) is 0.526. The highest BCUT2D eigenvalue weighted by molar-refractivity contribution is 7.10. The Balaban J connectivity index is 1.75. The number of nitrogens with one attached hydrogen (secondary N) is 2. The number of carbonyl (C=O) groups excluding carboxylic acids is 2. The summed E-state index contributed by atoms with van der Waals surface area (Å²) < 4.78 is 0. The number of hydrazine groups is 1. The monoisotopic (exact) mass is 376 g/mol. The van der Waals surface area contributed by atoms with E-state index >= 15 is 0 Å². The van der Waals surface area contributed by atoms with Crippen molar-refractivity contribution >= 4 is 29.1 Å². The first-order chi connectivity index (χ1) is 12.2. The molecule has 140 valence electrons. The van der Waals surface area contributed by atoms with Crippen LogP contribution in [0.15, 0.2) is 16.5 Å². The van der Waals surface area contributed by atoms with Crippen LogP contribution in [-0.4, -0.2) is 22.9 Å². The van der Waals surface area contributed by atoms with E-state index in [1.54, 1.807) is 5.38 Å². The van der Waals surface area contributed by atoms with E-state index in [2.05, 4.69) is 10.9 Å². The molecule has 1 aromatic heterocycles. The van der Waals surface area contributed by atoms with Crippen molar-refractivity contribution in [3.05, 3.63) is 32.5 Å². The van der Waals surface area contributed by atoms with Crippen molar-refractivity contribution in [2.24, 2.45) is 23.7 Å². The number of hydrogen-bond donors (Lipinski definition) is 3. The van der Waals surface area contributed by atoms with Gasteiger partial charge in [-0.1, -0.05) is 11.1 Å². The molecule has 0 radical (unpaired) electrons. The van der Waals surface area contributed by atoms with Crippen LogP contribution >= 0.6 is 11.3 Å². The molecule has 1 aromatic rings. The van der Waals surface area contributed by atoms with Gasteiger partial charge in [0.1, 0.15) is 0 Å². The van der Waals surface area contributed by atoms with Crippen molar-refractivity contribution < 1.29 is 19.5 Å². The summed E-state index contributed by atoms with van der Waals surface area (Å²) in [6.45, 7) is 7.75. The average molecular weight is 376 g/mol. The van der Waals surface area contributed by atoms with E-state index in [0.29, 0.717) is 5.56 Å². The third kappa shape index (κ3) is 2.94. The molecule has 2 aliphatic carbocycles. The van der Waals surface area contributed by atoms with Gasteiger partial charge < -0.3 is 5.11 Å². The molecule has 2 bridgehead atoms. The van der Waals surface area contributed by atoms with Crippen LogP contribution in [-0.2, 0) is 9.59 Å². The third-order valence-electron chi connectivity index (χ3n) is 5.84. The van der Waals surface area contributed by atoms with Gasteiger partial charge in [0.25, 0.3) is 5.91 Å². The maximum Gasteiger partial charge on any atom is 0.307 e. The number of carboxylic acid groups (broad SMARTS) is 1. The molecule has 6 nitrogen and oxygen atoms in total. The number of thiophene rings is 1. The fourth-order valence-corrected chi connectivity index (χ4v) is 5.48. The second kappa shape index (κ2) is 6.87. The lowest BCUT2D eigenvalue weighted by molar-refractivity contribution is -0.149. The molecule has 3 N–H and O–H groups in total. The van der Waals surface area contributed by atoms with E-state index in [4.69, 9.17) is 0 Å². The zero-order chi connectivity index (χ0) is 19.2. The Hall–Kier alpha value is -2.15. The Kier molecular flexibility index (Phi) is 4.92. The van der Waals surface area contributed by atoms with E-state index in [-0.39, 0.29) is 17.7 Å². The van der Waals surface area contributed by atoms with Gasteiger partial charge in [-0.3, -0.25) is 25.2 Å². The first-order valence-electron chi connectivity index (χ1n) is 8.79. The Morgan fingerprint density at radius 2 is 1.69 bits per heavy atom. The zero-order valence-corrected chi connectivity index (χ0v) is 16.2. The molecule has 2 saturated carbocycles. The fourth-order valence-electron chi connectivity index (χ4n) is 4.61. The number of amides is 2. The second-order valence-corrected chi connectivity index (χ2v) is 8.49. The van der Waals surface area contributed by atoms with Crippen molar-refractivity contribution in [2.75, 3.05) is 0 Å². The largest absolute Gasteiger partial charge is 0.481 e. The van der Waals surface area contributed by atoms with Gasteiger partial charge in [-0.15, -0.1) is 11.3 Å². The summed E-state index contributed by atoms with van der Waals surface area (Å²) in [4.78, 5) is 37.9. The highest BCUT2D eigenvalue weighted by Crippen LogP contribution is 2.57. The number of aryl methyl sites for hydroxylation is 1. The maximum atomic E-state index is 12.7. The van der Waals surface area contributed by atoms with E-state index < -0.39 is 23.7 Å². The summed E-state index contributed by atoms with van der Waals surface area (Å²) in [6, 6.07) is 0. The van der Waals surface area contributed by atoms with E-state index in [1.807, 2.05) is 27.7 Å². The lowest BCUT2D eigenvalue weighted by Crippen LogP contribution is -2.48. The van der Waals surface area contributed by atoms with Gasteiger partial charge >= 0.3 is 5.97 Å². The zero-order valence-electron chi connectivity index (χ0n) is 15.4. The van der Waals surface area contributed by atoms with Gasteiger partial charge in [0.2, 0.25) is 5.91 Å². The predicted molar refractivity (Wildman–Crippen MR) is 98.6 cm³/mol. The summed E-state index contributed by atoms with van der Waals surface area (Å²) >= 11 is 1.48. The highest BCUT2D eigenvalue weighted by Gasteiger charge is 2.57. The maximum absolute atomic E-state index is 12.7. The van der Waals surface area contributed by atoms with Crippen LogP contribution in [0.3, 0.4) is 0 Å². The predicted octanol–water partition coefficient (Wildman–Crippen LogP) is 2.82. The molecule has 0 aromatic carbocycles. The van der Waals surface area contributed by atoms with E-state index in [1.165, 1.54) is 11.3 Å². The third-order valence-corrected chi connectivity index (χ3v) is 6.85. The number of allylic oxidation sites excluding steroid dienone is 2.